The molecular weight excluding hydrogens is 328 g/mol. The lowest BCUT2D eigenvalue weighted by Gasteiger charge is -2.24. The lowest BCUT2D eigenvalue weighted by Crippen LogP contribution is -2.34. The van der Waals surface area contributed by atoms with Gasteiger partial charge in [0.1, 0.15) is 0 Å². The molecule has 3 N–H and O–H groups in total. The zero-order valence-electron chi connectivity index (χ0n) is 12.3. The van der Waals surface area contributed by atoms with E-state index in [0.717, 1.165) is 34.2 Å². The molecule has 0 amide bonds. The third kappa shape index (κ3) is 2.99. The lowest BCUT2D eigenvalue weighted by atomic mass is 10.1. The zero-order chi connectivity index (χ0) is 14.8. The fraction of sp³-hybridized carbons (Fsp3) is 0.438. The van der Waals surface area contributed by atoms with Crippen LogP contribution in [0.4, 0.5) is 11.4 Å². The van der Waals surface area contributed by atoms with E-state index in [9.17, 15) is 0 Å². The molecule has 1 saturated heterocycles. The Morgan fingerprint density at radius 1 is 1.48 bits per heavy atom. The predicted molar refractivity (Wildman–Crippen MR) is 92.6 cm³/mol. The summed E-state index contributed by atoms with van der Waals surface area (Å²) in [4.78, 5) is 6.93. The van der Waals surface area contributed by atoms with E-state index in [1.165, 1.54) is 19.4 Å². The van der Waals surface area contributed by atoms with E-state index in [1.807, 2.05) is 12.1 Å². The van der Waals surface area contributed by atoms with Crippen molar-refractivity contribution in [3.63, 3.8) is 0 Å². The molecule has 0 radical (unpaired) electrons. The second-order valence-electron chi connectivity index (χ2n) is 5.56. The van der Waals surface area contributed by atoms with Gasteiger partial charge in [-0.25, -0.2) is 0 Å². The number of nitrogen functional groups attached to an aromatic ring is 1. The Morgan fingerprint density at radius 2 is 2.33 bits per heavy atom. The topological polar surface area (TPSA) is 54.2 Å². The predicted octanol–water partition coefficient (Wildman–Crippen LogP) is 3.48. The number of likely N-dealkylation sites (tertiary alicyclic amines) is 1. The number of hydrogen-bond acceptors (Lipinski definition) is 4. The summed E-state index contributed by atoms with van der Waals surface area (Å²) < 4.78 is 1.04. The molecule has 4 nitrogen and oxygen atoms in total. The minimum absolute atomic E-state index is 0.602. The standard InChI is InChI=1S/C16H21BrN4/c1-2-21-7-3-4-12(21)9-20-16-13-8-11(17)5-6-15(13)19-10-14(16)18/h5-6,8,10,12H,2-4,7,9,18H2,1H3,(H,19,20). The largest absolute Gasteiger partial charge is 0.396 e. The molecule has 3 rings (SSSR count). The number of nitrogens with one attached hydrogen (secondary N) is 1. The van der Waals surface area contributed by atoms with Crippen molar-refractivity contribution in [2.24, 2.45) is 0 Å². The first-order valence-electron chi connectivity index (χ1n) is 7.50. The first kappa shape index (κ1) is 14.6. The molecule has 1 aliphatic heterocycles. The quantitative estimate of drug-likeness (QED) is 0.887. The number of likely N-dealkylation sites (N-methyl/N-ethyl adjacent to an activating group) is 1. The fourth-order valence-electron chi connectivity index (χ4n) is 3.14. The van der Waals surface area contributed by atoms with Crippen LogP contribution in [0.1, 0.15) is 19.8 Å². The summed E-state index contributed by atoms with van der Waals surface area (Å²) in [6, 6.07) is 6.70. The third-order valence-electron chi connectivity index (χ3n) is 4.28. The Balaban J connectivity index is 1.86. The van der Waals surface area contributed by atoms with Crippen molar-refractivity contribution < 1.29 is 0 Å². The second kappa shape index (κ2) is 6.20. The summed E-state index contributed by atoms with van der Waals surface area (Å²) in [6.07, 6.45) is 4.29. The van der Waals surface area contributed by atoms with E-state index in [0.29, 0.717) is 11.7 Å². The van der Waals surface area contributed by atoms with Crippen LogP contribution in [0.3, 0.4) is 0 Å². The fourth-order valence-corrected chi connectivity index (χ4v) is 3.50. The summed E-state index contributed by atoms with van der Waals surface area (Å²) in [6.45, 7) is 5.49. The number of pyridine rings is 1. The molecule has 1 fully saturated rings. The number of nitrogens with two attached hydrogens (primary N) is 1. The van der Waals surface area contributed by atoms with Gasteiger partial charge in [0.2, 0.25) is 0 Å². The Bertz CT molecular complexity index is 638. The maximum atomic E-state index is 6.13. The molecule has 2 aromatic rings. The maximum absolute atomic E-state index is 6.13. The molecular formula is C16H21BrN4. The van der Waals surface area contributed by atoms with Gasteiger partial charge in [-0.2, -0.15) is 0 Å². The normalized spacial score (nSPS) is 19.2. The molecule has 1 aromatic heterocycles. The molecule has 1 aliphatic rings. The van der Waals surface area contributed by atoms with Gasteiger partial charge >= 0.3 is 0 Å². The summed E-state index contributed by atoms with van der Waals surface area (Å²) in [5, 5.41) is 4.64. The molecule has 0 aliphatic carbocycles. The molecule has 0 bridgehead atoms. The van der Waals surface area contributed by atoms with Crippen LogP contribution < -0.4 is 11.1 Å². The summed E-state index contributed by atoms with van der Waals surface area (Å²) >= 11 is 3.52. The molecule has 5 heteroatoms. The third-order valence-corrected chi connectivity index (χ3v) is 4.77. The van der Waals surface area contributed by atoms with E-state index in [-0.39, 0.29) is 0 Å². The van der Waals surface area contributed by atoms with Gasteiger partial charge in [-0.1, -0.05) is 22.9 Å². The maximum Gasteiger partial charge on any atom is 0.0743 e. The average Bonchev–Trinajstić information content (AvgIpc) is 2.93. The summed E-state index contributed by atoms with van der Waals surface area (Å²) in [7, 11) is 0. The van der Waals surface area contributed by atoms with Crippen LogP contribution in [-0.2, 0) is 0 Å². The van der Waals surface area contributed by atoms with Crippen LogP contribution in [0.2, 0.25) is 0 Å². The van der Waals surface area contributed by atoms with Crippen molar-refractivity contribution in [2.75, 3.05) is 30.7 Å². The highest BCUT2D eigenvalue weighted by Gasteiger charge is 2.22. The van der Waals surface area contributed by atoms with Crippen molar-refractivity contribution in [3.05, 3.63) is 28.9 Å². The Labute approximate surface area is 133 Å². The van der Waals surface area contributed by atoms with E-state index in [2.05, 4.69) is 44.1 Å². The number of rotatable bonds is 4. The number of aromatic nitrogens is 1. The Kier molecular flexibility index (Phi) is 4.31. The Hall–Kier alpha value is -1.33. The van der Waals surface area contributed by atoms with E-state index in [4.69, 9.17) is 5.73 Å². The van der Waals surface area contributed by atoms with E-state index in [1.54, 1.807) is 6.20 Å². The molecule has 2 heterocycles. The zero-order valence-corrected chi connectivity index (χ0v) is 13.9. The lowest BCUT2D eigenvalue weighted by molar-refractivity contribution is 0.277. The van der Waals surface area contributed by atoms with Gasteiger partial charge in [-0.05, 0) is 44.1 Å². The first-order valence-corrected chi connectivity index (χ1v) is 8.30. The number of fused-ring (bicyclic) bond motifs is 1. The molecule has 0 saturated carbocycles. The van der Waals surface area contributed by atoms with Crippen molar-refractivity contribution in [1.29, 1.82) is 0 Å². The number of nitrogens with zero attached hydrogens (tertiary/aromatic N) is 2. The van der Waals surface area contributed by atoms with Crippen LogP contribution in [0.25, 0.3) is 10.9 Å². The van der Waals surface area contributed by atoms with Gasteiger partial charge in [0.15, 0.2) is 0 Å². The molecule has 1 unspecified atom stereocenters. The van der Waals surface area contributed by atoms with Gasteiger partial charge in [0.05, 0.1) is 23.1 Å². The molecule has 112 valence electrons. The van der Waals surface area contributed by atoms with E-state index >= 15 is 0 Å². The van der Waals surface area contributed by atoms with Gasteiger partial charge in [0, 0.05) is 22.4 Å². The summed E-state index contributed by atoms with van der Waals surface area (Å²) in [5.41, 5.74) is 8.81. The van der Waals surface area contributed by atoms with Crippen molar-refractivity contribution in [2.45, 2.75) is 25.8 Å². The highest BCUT2D eigenvalue weighted by atomic mass is 79.9. The van der Waals surface area contributed by atoms with Crippen molar-refractivity contribution >= 4 is 38.2 Å². The van der Waals surface area contributed by atoms with Crippen LogP contribution >= 0.6 is 15.9 Å². The van der Waals surface area contributed by atoms with Crippen LogP contribution in [0, 0.1) is 0 Å². The first-order chi connectivity index (χ1) is 10.2. The van der Waals surface area contributed by atoms with Crippen molar-refractivity contribution in [1.82, 2.24) is 9.88 Å². The number of anilines is 2. The van der Waals surface area contributed by atoms with Crippen LogP contribution in [-0.4, -0.2) is 35.6 Å². The van der Waals surface area contributed by atoms with Gasteiger partial charge in [0.25, 0.3) is 0 Å². The Morgan fingerprint density at radius 3 is 3.14 bits per heavy atom. The number of benzene rings is 1. The SMILES string of the molecule is CCN1CCCC1CNc1c(N)cnc2ccc(Br)cc12. The van der Waals surface area contributed by atoms with Gasteiger partial charge < -0.3 is 11.1 Å². The monoisotopic (exact) mass is 348 g/mol. The number of hydrogen-bond donors (Lipinski definition) is 2. The van der Waals surface area contributed by atoms with E-state index < -0.39 is 0 Å². The number of halogens is 1. The van der Waals surface area contributed by atoms with Crippen LogP contribution in [0.15, 0.2) is 28.9 Å². The molecule has 1 aromatic carbocycles. The highest BCUT2D eigenvalue weighted by molar-refractivity contribution is 9.10. The molecule has 21 heavy (non-hydrogen) atoms. The van der Waals surface area contributed by atoms with Gasteiger partial charge in [-0.15, -0.1) is 0 Å². The minimum atomic E-state index is 0.602. The minimum Gasteiger partial charge on any atom is -0.396 e. The molecule has 0 spiro atoms. The average molecular weight is 349 g/mol. The molecule has 1 atom stereocenters. The van der Waals surface area contributed by atoms with Gasteiger partial charge in [-0.3, -0.25) is 9.88 Å². The second-order valence-corrected chi connectivity index (χ2v) is 6.47. The highest BCUT2D eigenvalue weighted by Crippen LogP contribution is 2.30. The summed E-state index contributed by atoms with van der Waals surface area (Å²) in [5.74, 6) is 0. The van der Waals surface area contributed by atoms with Crippen molar-refractivity contribution in [3.8, 4) is 0 Å². The smallest absolute Gasteiger partial charge is 0.0743 e. The van der Waals surface area contributed by atoms with Crippen LogP contribution in [0.5, 0.6) is 0 Å².